The molecule has 0 atom stereocenters. The first-order chi connectivity index (χ1) is 7.38. The summed E-state index contributed by atoms with van der Waals surface area (Å²) in [6.07, 6.45) is 1.73. The van der Waals surface area contributed by atoms with E-state index in [0.717, 1.165) is 34.6 Å². The first-order valence-electron chi connectivity index (χ1n) is 4.83. The Morgan fingerprint density at radius 2 is 2.33 bits per heavy atom. The summed E-state index contributed by atoms with van der Waals surface area (Å²) in [5.74, 6) is 0.859. The SMILES string of the molecule is COc1ccc2[nH]c3c(c2c1)N=CNC3. The second kappa shape index (κ2) is 3.02. The highest BCUT2D eigenvalue weighted by molar-refractivity contribution is 5.95. The summed E-state index contributed by atoms with van der Waals surface area (Å²) >= 11 is 0. The number of aliphatic imine (C=N–C) groups is 1. The second-order valence-electron chi connectivity index (χ2n) is 3.50. The molecule has 0 aliphatic carbocycles. The Kier molecular flexibility index (Phi) is 1.68. The first kappa shape index (κ1) is 8.35. The molecule has 76 valence electrons. The minimum absolute atomic E-state index is 0.801. The molecule has 0 amide bonds. The Morgan fingerprint density at radius 3 is 3.20 bits per heavy atom. The van der Waals surface area contributed by atoms with Gasteiger partial charge in [-0.3, -0.25) is 0 Å². The van der Waals surface area contributed by atoms with Crippen LogP contribution in [0.3, 0.4) is 0 Å². The molecular formula is C11H11N3O. The normalized spacial score (nSPS) is 13.7. The molecule has 1 aromatic heterocycles. The molecule has 0 bridgehead atoms. The van der Waals surface area contributed by atoms with Crippen LogP contribution in [0.1, 0.15) is 5.69 Å². The fraction of sp³-hybridized carbons (Fsp3) is 0.182. The maximum absolute atomic E-state index is 5.20. The number of aromatic amines is 1. The predicted molar refractivity (Wildman–Crippen MR) is 59.8 cm³/mol. The van der Waals surface area contributed by atoms with Crippen molar-refractivity contribution >= 4 is 22.9 Å². The van der Waals surface area contributed by atoms with Crippen LogP contribution >= 0.6 is 0 Å². The Balaban J connectivity index is 2.30. The van der Waals surface area contributed by atoms with Crippen molar-refractivity contribution in [2.24, 2.45) is 4.99 Å². The number of benzene rings is 1. The van der Waals surface area contributed by atoms with Gasteiger partial charge >= 0.3 is 0 Å². The van der Waals surface area contributed by atoms with Crippen molar-refractivity contribution in [3.63, 3.8) is 0 Å². The number of aromatic nitrogens is 1. The minimum Gasteiger partial charge on any atom is -0.497 e. The molecule has 1 aliphatic heterocycles. The summed E-state index contributed by atoms with van der Waals surface area (Å²) in [7, 11) is 1.67. The van der Waals surface area contributed by atoms with Gasteiger partial charge in [-0.1, -0.05) is 0 Å². The Morgan fingerprint density at radius 1 is 1.40 bits per heavy atom. The molecule has 2 N–H and O–H groups in total. The monoisotopic (exact) mass is 201 g/mol. The lowest BCUT2D eigenvalue weighted by molar-refractivity contribution is 0.415. The zero-order valence-corrected chi connectivity index (χ0v) is 8.37. The van der Waals surface area contributed by atoms with Crippen LogP contribution in [-0.2, 0) is 6.54 Å². The van der Waals surface area contributed by atoms with E-state index < -0.39 is 0 Å². The van der Waals surface area contributed by atoms with Crippen molar-refractivity contribution in [2.75, 3.05) is 7.11 Å². The number of hydrogen-bond donors (Lipinski definition) is 2. The van der Waals surface area contributed by atoms with E-state index in [1.165, 1.54) is 0 Å². The van der Waals surface area contributed by atoms with Crippen LogP contribution in [0.15, 0.2) is 23.2 Å². The van der Waals surface area contributed by atoms with Gasteiger partial charge in [0.2, 0.25) is 0 Å². The van der Waals surface area contributed by atoms with Gasteiger partial charge in [-0.25, -0.2) is 4.99 Å². The summed E-state index contributed by atoms with van der Waals surface area (Å²) in [6, 6.07) is 5.97. The van der Waals surface area contributed by atoms with E-state index in [9.17, 15) is 0 Å². The summed E-state index contributed by atoms with van der Waals surface area (Å²) in [6.45, 7) is 0.801. The first-order valence-corrected chi connectivity index (χ1v) is 4.83. The number of rotatable bonds is 1. The minimum atomic E-state index is 0.801. The van der Waals surface area contributed by atoms with Gasteiger partial charge in [0.15, 0.2) is 0 Å². The molecule has 4 heteroatoms. The summed E-state index contributed by atoms with van der Waals surface area (Å²) in [4.78, 5) is 7.67. The lowest BCUT2D eigenvalue weighted by atomic mass is 10.2. The number of fused-ring (bicyclic) bond motifs is 3. The van der Waals surface area contributed by atoms with Crippen LogP contribution in [-0.4, -0.2) is 18.4 Å². The molecule has 4 nitrogen and oxygen atoms in total. The third-order valence-corrected chi connectivity index (χ3v) is 2.62. The lowest BCUT2D eigenvalue weighted by Crippen LogP contribution is -2.13. The lowest BCUT2D eigenvalue weighted by Gasteiger charge is -2.05. The molecule has 2 aromatic rings. The van der Waals surface area contributed by atoms with Gasteiger partial charge in [-0.05, 0) is 18.2 Å². The zero-order valence-electron chi connectivity index (χ0n) is 8.37. The molecule has 0 unspecified atom stereocenters. The highest BCUT2D eigenvalue weighted by Crippen LogP contribution is 2.33. The van der Waals surface area contributed by atoms with E-state index in [0.29, 0.717) is 0 Å². The van der Waals surface area contributed by atoms with E-state index >= 15 is 0 Å². The molecule has 0 spiro atoms. The molecule has 0 fully saturated rings. The third-order valence-electron chi connectivity index (χ3n) is 2.62. The van der Waals surface area contributed by atoms with Gasteiger partial charge in [-0.15, -0.1) is 0 Å². The standard InChI is InChI=1S/C11H11N3O/c1-15-7-2-3-9-8(4-7)11-10(14-9)5-12-6-13-11/h2-4,6,14H,5H2,1H3,(H,12,13). The van der Waals surface area contributed by atoms with Crippen LogP contribution in [0, 0.1) is 0 Å². The number of H-pyrrole nitrogens is 1. The van der Waals surface area contributed by atoms with E-state index in [1.54, 1.807) is 13.4 Å². The Hall–Kier alpha value is -1.97. The number of nitrogens with zero attached hydrogens (tertiary/aromatic N) is 1. The van der Waals surface area contributed by atoms with Crippen LogP contribution < -0.4 is 10.1 Å². The zero-order chi connectivity index (χ0) is 10.3. The quantitative estimate of drug-likeness (QED) is 0.740. The van der Waals surface area contributed by atoms with Gasteiger partial charge in [0.1, 0.15) is 5.75 Å². The molecule has 3 rings (SSSR count). The van der Waals surface area contributed by atoms with E-state index in [-0.39, 0.29) is 0 Å². The predicted octanol–water partition coefficient (Wildman–Crippen LogP) is 1.94. The smallest absolute Gasteiger partial charge is 0.119 e. The Bertz CT molecular complexity index is 542. The summed E-state index contributed by atoms with van der Waals surface area (Å²) < 4.78 is 5.20. The van der Waals surface area contributed by atoms with Crippen molar-refractivity contribution in [1.29, 1.82) is 0 Å². The average molecular weight is 201 g/mol. The maximum Gasteiger partial charge on any atom is 0.119 e. The average Bonchev–Trinajstić information content (AvgIpc) is 2.66. The molecule has 0 saturated heterocycles. The van der Waals surface area contributed by atoms with Crippen molar-refractivity contribution in [2.45, 2.75) is 6.54 Å². The van der Waals surface area contributed by atoms with Crippen LogP contribution in [0.2, 0.25) is 0 Å². The fourth-order valence-corrected chi connectivity index (χ4v) is 1.87. The van der Waals surface area contributed by atoms with Gasteiger partial charge in [0.25, 0.3) is 0 Å². The molecule has 1 aromatic carbocycles. The van der Waals surface area contributed by atoms with Gasteiger partial charge in [0.05, 0.1) is 31.4 Å². The van der Waals surface area contributed by atoms with E-state index in [4.69, 9.17) is 4.74 Å². The fourth-order valence-electron chi connectivity index (χ4n) is 1.87. The van der Waals surface area contributed by atoms with Crippen LogP contribution in [0.5, 0.6) is 5.75 Å². The molecular weight excluding hydrogens is 190 g/mol. The second-order valence-corrected chi connectivity index (χ2v) is 3.50. The highest BCUT2D eigenvalue weighted by atomic mass is 16.5. The van der Waals surface area contributed by atoms with Crippen molar-refractivity contribution in [3.8, 4) is 5.75 Å². The van der Waals surface area contributed by atoms with Gasteiger partial charge in [-0.2, -0.15) is 0 Å². The largest absolute Gasteiger partial charge is 0.497 e. The van der Waals surface area contributed by atoms with Crippen molar-refractivity contribution in [3.05, 3.63) is 23.9 Å². The molecule has 15 heavy (non-hydrogen) atoms. The molecule has 0 saturated carbocycles. The Labute approximate surface area is 87.0 Å². The van der Waals surface area contributed by atoms with Crippen molar-refractivity contribution in [1.82, 2.24) is 10.3 Å². The molecule has 2 heterocycles. The van der Waals surface area contributed by atoms with Crippen molar-refractivity contribution < 1.29 is 4.74 Å². The highest BCUT2D eigenvalue weighted by Gasteiger charge is 2.12. The number of ether oxygens (including phenoxy) is 1. The number of hydrogen-bond acceptors (Lipinski definition) is 3. The van der Waals surface area contributed by atoms with Gasteiger partial charge in [0, 0.05) is 10.9 Å². The van der Waals surface area contributed by atoms with Crippen LogP contribution in [0.25, 0.3) is 10.9 Å². The van der Waals surface area contributed by atoms with Gasteiger partial charge < -0.3 is 15.0 Å². The van der Waals surface area contributed by atoms with Crippen LogP contribution in [0.4, 0.5) is 5.69 Å². The summed E-state index contributed by atoms with van der Waals surface area (Å²) in [5, 5.41) is 4.19. The number of methoxy groups -OCH3 is 1. The summed E-state index contributed by atoms with van der Waals surface area (Å²) in [5.41, 5.74) is 3.24. The van der Waals surface area contributed by atoms with E-state index in [1.807, 2.05) is 18.2 Å². The topological polar surface area (TPSA) is 49.4 Å². The molecule has 1 aliphatic rings. The van der Waals surface area contributed by atoms with E-state index in [2.05, 4.69) is 15.3 Å². The third kappa shape index (κ3) is 1.18. The number of nitrogens with one attached hydrogen (secondary N) is 2. The maximum atomic E-state index is 5.20. The molecule has 0 radical (unpaired) electrons.